The molecule has 0 atom stereocenters. The molecule has 0 aliphatic heterocycles. The largest absolute Gasteiger partial charge is 0.530 e. The van der Waals surface area contributed by atoms with E-state index in [9.17, 15) is 0 Å². The summed E-state index contributed by atoms with van der Waals surface area (Å²) in [6, 6.07) is 7.48. The molecule has 6 heteroatoms. The third kappa shape index (κ3) is 13.4. The number of hydrogen-bond donors (Lipinski definition) is 2. The zero-order valence-electron chi connectivity index (χ0n) is 12.5. The van der Waals surface area contributed by atoms with E-state index < -0.39 is 6.09 Å². The predicted octanol–water partition coefficient (Wildman–Crippen LogP) is 1.20. The van der Waals surface area contributed by atoms with Crippen LogP contribution in [0.4, 0.5) is 4.79 Å². The van der Waals surface area contributed by atoms with Gasteiger partial charge in [0.05, 0.1) is 27.7 Å². The molecule has 0 aromatic heterocycles. The van der Waals surface area contributed by atoms with Gasteiger partial charge < -0.3 is 24.8 Å². The number of nitrogens with one attached hydrogen (secondary N) is 1. The van der Waals surface area contributed by atoms with Crippen LogP contribution >= 0.6 is 24.0 Å². The van der Waals surface area contributed by atoms with Crippen LogP contribution < -0.4 is 10.4 Å². The Morgan fingerprint density at radius 1 is 1.25 bits per heavy atom. The van der Waals surface area contributed by atoms with Crippen molar-refractivity contribution < 1.29 is 19.5 Å². The lowest BCUT2D eigenvalue weighted by atomic mass is 10.1. The quantitative estimate of drug-likeness (QED) is 0.594. The summed E-state index contributed by atoms with van der Waals surface area (Å²) in [5.41, 5.74) is 1.30. The summed E-state index contributed by atoms with van der Waals surface area (Å²) >= 11 is 0. The molecule has 0 spiro atoms. The minimum atomic E-state index is -1.25. The normalized spacial score (nSPS) is 9.80. The lowest BCUT2D eigenvalue weighted by Gasteiger charge is -2.23. The zero-order valence-corrected chi connectivity index (χ0v) is 14.9. The van der Waals surface area contributed by atoms with E-state index in [-0.39, 0.29) is 24.0 Å². The first kappa shape index (κ1) is 21.3. The molecule has 2 N–H and O–H groups in total. The monoisotopic (exact) mass is 396 g/mol. The molecule has 116 valence electrons. The molecular weight excluding hydrogens is 371 g/mol. The lowest BCUT2D eigenvalue weighted by molar-refractivity contribution is -0.870. The number of carboxylic acid groups (broad SMARTS) is 1. The highest BCUT2D eigenvalue weighted by Gasteiger charge is 2.05. The lowest BCUT2D eigenvalue weighted by Crippen LogP contribution is -2.35. The Hall–Kier alpha value is -1.02. The van der Waals surface area contributed by atoms with Crippen molar-refractivity contribution in [3.8, 4) is 5.75 Å². The number of aryl methyl sites for hydroxylation is 1. The average Bonchev–Trinajstić information content (AvgIpc) is 2.31. The van der Waals surface area contributed by atoms with Gasteiger partial charge >= 0.3 is 0 Å². The number of halogens is 1. The van der Waals surface area contributed by atoms with Crippen LogP contribution in [0, 0.1) is 0 Å². The molecule has 0 saturated carbocycles. The molecule has 20 heavy (non-hydrogen) atoms. The van der Waals surface area contributed by atoms with E-state index in [0.29, 0.717) is 5.75 Å². The van der Waals surface area contributed by atoms with Gasteiger partial charge in [-0.3, -0.25) is 0 Å². The number of phenols is 1. The first-order chi connectivity index (χ1) is 8.74. The van der Waals surface area contributed by atoms with Crippen LogP contribution in [0.25, 0.3) is 0 Å². The van der Waals surface area contributed by atoms with Gasteiger partial charge in [0.15, 0.2) is 0 Å². The number of amides is 1. The highest BCUT2D eigenvalue weighted by molar-refractivity contribution is 14.0. The maximum absolute atomic E-state index is 9.15. The second-order valence-corrected chi connectivity index (χ2v) is 5.32. The summed E-state index contributed by atoms with van der Waals surface area (Å²) in [5.74, 6) is 0.348. The number of phenolic OH excluding ortho intramolecular Hbond substituents is 1. The summed E-state index contributed by atoms with van der Waals surface area (Å²) < 4.78 is 1.01. The second kappa shape index (κ2) is 10.7. The van der Waals surface area contributed by atoms with E-state index in [2.05, 4.69) is 21.1 Å². The van der Waals surface area contributed by atoms with Gasteiger partial charge in [-0.05, 0) is 24.1 Å². The van der Waals surface area contributed by atoms with E-state index in [0.717, 1.165) is 10.9 Å². The number of hydrogen-bond acceptors (Lipinski definition) is 3. The van der Waals surface area contributed by atoms with Crippen LogP contribution in [-0.4, -0.2) is 50.4 Å². The van der Waals surface area contributed by atoms with Crippen LogP contribution in [0.2, 0.25) is 0 Å². The van der Waals surface area contributed by atoms with E-state index in [1.807, 2.05) is 17.4 Å². The number of aromatic hydroxyl groups is 1. The van der Waals surface area contributed by atoms with Crippen molar-refractivity contribution in [3.05, 3.63) is 29.8 Å². The van der Waals surface area contributed by atoms with Gasteiger partial charge in [0, 0.05) is 13.5 Å². The van der Waals surface area contributed by atoms with E-state index in [1.165, 1.54) is 25.6 Å². The summed E-state index contributed by atoms with van der Waals surface area (Å²) in [6.45, 7) is 1.18. The average molecular weight is 396 g/mol. The Morgan fingerprint density at radius 2 is 1.70 bits per heavy atom. The molecule has 1 aromatic rings. The highest BCUT2D eigenvalue weighted by Crippen LogP contribution is 2.11. The smallest absolute Gasteiger partial charge is 0.133 e. The third-order valence-corrected chi connectivity index (χ3v) is 2.43. The van der Waals surface area contributed by atoms with E-state index in [1.54, 1.807) is 12.1 Å². The number of carbonyl (C=O) groups is 1. The molecule has 1 aromatic carbocycles. The molecule has 0 aliphatic carbocycles. The molecule has 0 heterocycles. The molecule has 1 rings (SSSR count). The van der Waals surface area contributed by atoms with Crippen LogP contribution in [0.15, 0.2) is 24.3 Å². The first-order valence-corrected chi connectivity index (χ1v) is 6.21. The maximum atomic E-state index is 9.15. The van der Waals surface area contributed by atoms with Crippen molar-refractivity contribution >= 4 is 30.1 Å². The predicted molar refractivity (Wildman–Crippen MR) is 89.2 cm³/mol. The maximum Gasteiger partial charge on any atom is 0.133 e. The molecular formula is C14H25IN2O3. The van der Waals surface area contributed by atoms with Gasteiger partial charge in [0.25, 0.3) is 0 Å². The van der Waals surface area contributed by atoms with Gasteiger partial charge in [0.2, 0.25) is 0 Å². The fourth-order valence-electron chi connectivity index (χ4n) is 1.42. The number of benzene rings is 1. The van der Waals surface area contributed by atoms with E-state index >= 15 is 0 Å². The second-order valence-electron chi connectivity index (χ2n) is 5.32. The molecule has 0 unspecified atom stereocenters. The first-order valence-electron chi connectivity index (χ1n) is 6.21. The summed E-state index contributed by atoms with van der Waals surface area (Å²) in [4.78, 5) is 9.15. The molecule has 1 amide bonds. The van der Waals surface area contributed by atoms with Crippen molar-refractivity contribution in [3.63, 3.8) is 0 Å². The Labute approximate surface area is 138 Å². The SMILES string of the molecule is CNC(=O)[O-].C[N+](C)(C)CCCc1ccc(O)cc1.I. The molecule has 0 aliphatic rings. The topological polar surface area (TPSA) is 72.4 Å². The fourth-order valence-corrected chi connectivity index (χ4v) is 1.42. The van der Waals surface area contributed by atoms with Crippen LogP contribution in [-0.2, 0) is 6.42 Å². The van der Waals surface area contributed by atoms with Gasteiger partial charge in [-0.25, -0.2) is 0 Å². The number of carbonyl (C=O) groups excluding carboxylic acids is 1. The minimum Gasteiger partial charge on any atom is -0.530 e. The van der Waals surface area contributed by atoms with Crippen molar-refractivity contribution in [2.75, 3.05) is 34.7 Å². The van der Waals surface area contributed by atoms with Gasteiger partial charge in [-0.2, -0.15) is 0 Å². The van der Waals surface area contributed by atoms with Crippen molar-refractivity contribution in [2.45, 2.75) is 12.8 Å². The summed E-state index contributed by atoms with van der Waals surface area (Å²) in [6.07, 6.45) is 1.04. The van der Waals surface area contributed by atoms with Gasteiger partial charge in [-0.15, -0.1) is 24.0 Å². The zero-order chi connectivity index (χ0) is 14.9. The molecule has 0 fully saturated rings. The Bertz CT molecular complexity index is 375. The highest BCUT2D eigenvalue weighted by atomic mass is 127. The van der Waals surface area contributed by atoms with Crippen LogP contribution in [0.3, 0.4) is 0 Å². The molecule has 0 saturated heterocycles. The van der Waals surface area contributed by atoms with Crippen molar-refractivity contribution in [1.82, 2.24) is 5.32 Å². The summed E-state index contributed by atoms with van der Waals surface area (Å²) in [5, 5.41) is 20.1. The Balaban J connectivity index is 0. The Morgan fingerprint density at radius 3 is 2.05 bits per heavy atom. The number of quaternary nitrogens is 1. The standard InChI is InChI=1S/C12H19NO.C2H5NO2.HI/c1-13(2,3)10-4-5-11-6-8-12(14)9-7-11;1-3-2(4)5;/h6-9H,4-5,10H2,1-3H3;3H,1H3,(H,4,5);1H. The summed E-state index contributed by atoms with van der Waals surface area (Å²) in [7, 11) is 7.90. The Kier molecular flexibility index (Phi) is 11.4. The van der Waals surface area contributed by atoms with Crippen molar-refractivity contribution in [1.29, 1.82) is 0 Å². The third-order valence-electron chi connectivity index (χ3n) is 2.43. The molecule has 0 bridgehead atoms. The van der Waals surface area contributed by atoms with Crippen LogP contribution in [0.1, 0.15) is 12.0 Å². The number of nitrogens with zero attached hydrogens (tertiary/aromatic N) is 1. The number of rotatable bonds is 4. The fraction of sp³-hybridized carbons (Fsp3) is 0.500. The molecule has 5 nitrogen and oxygen atoms in total. The van der Waals surface area contributed by atoms with Gasteiger partial charge in [-0.1, -0.05) is 12.1 Å². The van der Waals surface area contributed by atoms with Gasteiger partial charge in [0.1, 0.15) is 11.8 Å². The van der Waals surface area contributed by atoms with Crippen LogP contribution in [0.5, 0.6) is 5.75 Å². The minimum absolute atomic E-state index is 0. The molecule has 0 radical (unpaired) electrons. The van der Waals surface area contributed by atoms with Crippen molar-refractivity contribution in [2.24, 2.45) is 0 Å². The van der Waals surface area contributed by atoms with E-state index in [4.69, 9.17) is 15.0 Å².